The number of hydrogen-bond acceptors (Lipinski definition) is 2. The summed E-state index contributed by atoms with van der Waals surface area (Å²) in [5.74, 6) is -0.545. The summed E-state index contributed by atoms with van der Waals surface area (Å²) in [6, 6.07) is 5.12. The van der Waals surface area contributed by atoms with E-state index in [1.165, 1.54) is 0 Å². The normalized spacial score (nSPS) is 10.5. The zero-order valence-electron chi connectivity index (χ0n) is 6.74. The van der Waals surface area contributed by atoms with Crippen LogP contribution in [-0.4, -0.2) is 24.0 Å². The number of primary amides is 1. The van der Waals surface area contributed by atoms with Crippen LogP contribution in [0.5, 0.6) is 0 Å². The number of H-pyrrole nitrogens is 1. The predicted molar refractivity (Wildman–Crippen MR) is 50.0 cm³/mol. The Morgan fingerprint density at radius 1 is 1.54 bits per heavy atom. The first-order chi connectivity index (χ1) is 6.18. The van der Waals surface area contributed by atoms with E-state index >= 15 is 0 Å². The summed E-state index contributed by atoms with van der Waals surface area (Å²) in [4.78, 5) is 10.9. The Morgan fingerprint density at radius 3 is 3.00 bits per heavy atom. The van der Waals surface area contributed by atoms with Crippen molar-refractivity contribution in [2.45, 2.75) is 0 Å². The number of nitrogens with one attached hydrogen (secondary N) is 1. The van der Waals surface area contributed by atoms with Gasteiger partial charge in [0.15, 0.2) is 5.69 Å². The monoisotopic (exact) mass is 171 g/mol. The van der Waals surface area contributed by atoms with Gasteiger partial charge in [-0.1, -0.05) is 17.6 Å². The third kappa shape index (κ3) is 1.18. The molecular weight excluding hydrogens is 165 g/mol. The molecule has 62 valence electrons. The van der Waals surface area contributed by atoms with Crippen molar-refractivity contribution in [1.82, 2.24) is 10.2 Å². The van der Waals surface area contributed by atoms with Crippen LogP contribution in [0.15, 0.2) is 18.2 Å². The number of amides is 1. The molecule has 1 aromatic carbocycles. The van der Waals surface area contributed by atoms with Gasteiger partial charge in [0.2, 0.25) is 0 Å². The molecule has 2 radical (unpaired) electrons. The molecule has 0 bridgehead atoms. The average Bonchev–Trinajstić information content (AvgIpc) is 2.46. The number of benzene rings is 1. The molecule has 0 saturated carbocycles. The Morgan fingerprint density at radius 2 is 2.31 bits per heavy atom. The average molecular weight is 171 g/mol. The predicted octanol–water partition coefficient (Wildman–Crippen LogP) is -0.544. The maximum Gasteiger partial charge on any atom is 0.269 e. The van der Waals surface area contributed by atoms with Crippen LogP contribution in [-0.2, 0) is 0 Å². The van der Waals surface area contributed by atoms with E-state index in [2.05, 4.69) is 10.2 Å². The smallest absolute Gasteiger partial charge is 0.269 e. The van der Waals surface area contributed by atoms with Gasteiger partial charge < -0.3 is 5.73 Å². The lowest BCUT2D eigenvalue weighted by atomic mass is 9.95. The Bertz CT molecular complexity index is 477. The van der Waals surface area contributed by atoms with Gasteiger partial charge in [-0.05, 0) is 6.07 Å². The molecule has 3 N–H and O–H groups in total. The maximum absolute atomic E-state index is 10.9. The highest BCUT2D eigenvalue weighted by Gasteiger charge is 2.09. The summed E-state index contributed by atoms with van der Waals surface area (Å²) in [6.07, 6.45) is 0. The van der Waals surface area contributed by atoms with E-state index < -0.39 is 5.91 Å². The number of carbonyl (C=O) groups is 1. The molecule has 0 aliphatic heterocycles. The topological polar surface area (TPSA) is 71.8 Å². The van der Waals surface area contributed by atoms with Crippen LogP contribution < -0.4 is 11.2 Å². The molecule has 0 aliphatic carbocycles. The maximum atomic E-state index is 10.9. The number of nitrogens with two attached hydrogens (primary N) is 1. The number of nitrogens with zero attached hydrogens (tertiary/aromatic N) is 1. The van der Waals surface area contributed by atoms with E-state index in [0.29, 0.717) is 16.4 Å². The number of rotatable bonds is 1. The molecule has 0 unspecified atom stereocenters. The summed E-state index contributed by atoms with van der Waals surface area (Å²) in [5.41, 5.74) is 6.69. The Balaban J connectivity index is 2.76. The van der Waals surface area contributed by atoms with Crippen LogP contribution in [0.1, 0.15) is 10.5 Å². The second-order valence-corrected chi connectivity index (χ2v) is 2.74. The summed E-state index contributed by atoms with van der Waals surface area (Å²) in [5, 5.41) is 7.16. The second kappa shape index (κ2) is 2.62. The van der Waals surface area contributed by atoms with Gasteiger partial charge in [0.1, 0.15) is 7.85 Å². The third-order valence-electron chi connectivity index (χ3n) is 1.82. The van der Waals surface area contributed by atoms with Crippen molar-refractivity contribution < 1.29 is 4.79 Å². The van der Waals surface area contributed by atoms with Gasteiger partial charge in [-0.25, -0.2) is 0 Å². The van der Waals surface area contributed by atoms with E-state index in [1.54, 1.807) is 18.2 Å². The minimum atomic E-state index is -0.545. The molecule has 0 atom stereocenters. The largest absolute Gasteiger partial charge is 0.364 e. The number of aromatic amines is 1. The molecule has 2 aromatic rings. The Kier molecular flexibility index (Phi) is 1.58. The van der Waals surface area contributed by atoms with E-state index in [4.69, 9.17) is 13.6 Å². The van der Waals surface area contributed by atoms with Crippen LogP contribution in [0.3, 0.4) is 0 Å². The summed E-state index contributed by atoms with van der Waals surface area (Å²) >= 11 is 0. The van der Waals surface area contributed by atoms with Gasteiger partial charge in [0, 0.05) is 5.39 Å². The lowest BCUT2D eigenvalue weighted by molar-refractivity contribution is 0.0997. The highest BCUT2D eigenvalue weighted by molar-refractivity contribution is 6.33. The second-order valence-electron chi connectivity index (χ2n) is 2.74. The standard InChI is InChI=1S/C8H6BN3O/c9-4-1-2-5-6(3-4)11-12-7(5)8(10)13/h1-3H,(H2,10,13)(H,11,12). The van der Waals surface area contributed by atoms with Crippen LogP contribution in [0, 0.1) is 0 Å². The fourth-order valence-electron chi connectivity index (χ4n) is 1.23. The van der Waals surface area contributed by atoms with Gasteiger partial charge in [0.05, 0.1) is 5.52 Å². The first-order valence-electron chi connectivity index (χ1n) is 3.72. The van der Waals surface area contributed by atoms with Crippen molar-refractivity contribution in [2.75, 3.05) is 0 Å². The van der Waals surface area contributed by atoms with Gasteiger partial charge in [-0.15, -0.1) is 0 Å². The minimum absolute atomic E-state index is 0.245. The lowest BCUT2D eigenvalue weighted by Gasteiger charge is -1.92. The van der Waals surface area contributed by atoms with Gasteiger partial charge in [-0.3, -0.25) is 9.89 Å². The molecular formula is C8H6BN3O. The summed E-state index contributed by atoms with van der Waals surface area (Å²) in [6.45, 7) is 0. The molecule has 1 aromatic heterocycles. The van der Waals surface area contributed by atoms with Crippen LogP contribution in [0.4, 0.5) is 0 Å². The van der Waals surface area contributed by atoms with Crippen LogP contribution in [0.2, 0.25) is 0 Å². The third-order valence-corrected chi connectivity index (χ3v) is 1.82. The van der Waals surface area contributed by atoms with Gasteiger partial charge in [0.25, 0.3) is 5.91 Å². The quantitative estimate of drug-likeness (QED) is 0.565. The van der Waals surface area contributed by atoms with Crippen molar-refractivity contribution in [3.8, 4) is 0 Å². The van der Waals surface area contributed by atoms with E-state index in [0.717, 1.165) is 0 Å². The lowest BCUT2D eigenvalue weighted by Crippen LogP contribution is -2.11. The highest BCUT2D eigenvalue weighted by Crippen LogP contribution is 2.12. The number of carbonyl (C=O) groups excluding carboxylic acids is 1. The van der Waals surface area contributed by atoms with Gasteiger partial charge in [-0.2, -0.15) is 5.10 Å². The Labute approximate surface area is 75.5 Å². The molecule has 1 amide bonds. The van der Waals surface area contributed by atoms with Crippen LogP contribution in [0.25, 0.3) is 10.9 Å². The fourth-order valence-corrected chi connectivity index (χ4v) is 1.23. The van der Waals surface area contributed by atoms with Crippen molar-refractivity contribution in [2.24, 2.45) is 5.73 Å². The minimum Gasteiger partial charge on any atom is -0.364 e. The van der Waals surface area contributed by atoms with Crippen molar-refractivity contribution in [1.29, 1.82) is 0 Å². The Hall–Kier alpha value is -1.78. The molecule has 0 aliphatic rings. The van der Waals surface area contributed by atoms with Crippen LogP contribution >= 0.6 is 0 Å². The molecule has 4 nitrogen and oxygen atoms in total. The SMILES string of the molecule is [B]c1ccc2c(C(N)=O)n[nH]c2c1. The van der Waals surface area contributed by atoms with Crippen molar-refractivity contribution in [3.05, 3.63) is 23.9 Å². The van der Waals surface area contributed by atoms with Crippen molar-refractivity contribution >= 4 is 30.1 Å². The fraction of sp³-hybridized carbons (Fsp3) is 0. The molecule has 2 rings (SSSR count). The number of hydrogen-bond donors (Lipinski definition) is 2. The molecule has 0 fully saturated rings. The molecule has 0 spiro atoms. The van der Waals surface area contributed by atoms with Crippen molar-refractivity contribution in [3.63, 3.8) is 0 Å². The summed E-state index contributed by atoms with van der Waals surface area (Å²) in [7, 11) is 5.55. The molecule has 1 heterocycles. The molecule has 5 heteroatoms. The van der Waals surface area contributed by atoms with E-state index in [9.17, 15) is 4.79 Å². The van der Waals surface area contributed by atoms with E-state index in [-0.39, 0.29) is 5.69 Å². The summed E-state index contributed by atoms with van der Waals surface area (Å²) < 4.78 is 0. The first-order valence-corrected chi connectivity index (χ1v) is 3.72. The zero-order chi connectivity index (χ0) is 9.42. The molecule has 13 heavy (non-hydrogen) atoms. The number of fused-ring (bicyclic) bond motifs is 1. The zero-order valence-corrected chi connectivity index (χ0v) is 6.74. The number of aromatic nitrogens is 2. The highest BCUT2D eigenvalue weighted by atomic mass is 16.1. The van der Waals surface area contributed by atoms with Gasteiger partial charge >= 0.3 is 0 Å². The van der Waals surface area contributed by atoms with E-state index in [1.807, 2.05) is 0 Å². The molecule has 0 saturated heterocycles. The first kappa shape index (κ1) is 7.85.